The smallest absolute Gasteiger partial charge is 0.272 e. The molecule has 1 aromatic heterocycles. The van der Waals surface area contributed by atoms with Crippen molar-refractivity contribution in [3.63, 3.8) is 0 Å². The molecule has 0 unspecified atom stereocenters. The maximum atomic E-state index is 12.0. The number of aromatic nitrogens is 1. The minimum Gasteiger partial charge on any atom is -0.353 e. The number of aromatic amines is 1. The van der Waals surface area contributed by atoms with Crippen molar-refractivity contribution in [1.29, 1.82) is 5.26 Å². The monoisotopic (exact) mass is 323 g/mol. The van der Waals surface area contributed by atoms with Gasteiger partial charge in [0, 0.05) is 22.1 Å². The number of rotatable bonds is 3. The zero-order valence-corrected chi connectivity index (χ0v) is 12.4. The van der Waals surface area contributed by atoms with Gasteiger partial charge < -0.3 is 10.3 Å². The molecule has 8 heteroatoms. The van der Waals surface area contributed by atoms with Crippen LogP contribution in [0.1, 0.15) is 21.7 Å². The van der Waals surface area contributed by atoms with Crippen molar-refractivity contribution in [1.82, 2.24) is 4.98 Å². The molecule has 108 valence electrons. The van der Waals surface area contributed by atoms with Crippen LogP contribution < -0.4 is 5.32 Å². The summed E-state index contributed by atoms with van der Waals surface area (Å²) in [6.45, 7) is 1.50. The first kappa shape index (κ1) is 15.1. The first-order valence-corrected chi connectivity index (χ1v) is 8.08. The normalized spacial score (nSPS) is 10.9. The number of anilines is 1. The van der Waals surface area contributed by atoms with Gasteiger partial charge in [-0.05, 0) is 31.2 Å². The highest BCUT2D eigenvalue weighted by atomic mass is 35.7. The van der Waals surface area contributed by atoms with E-state index < -0.39 is 15.0 Å². The fourth-order valence-electron chi connectivity index (χ4n) is 1.78. The van der Waals surface area contributed by atoms with Crippen molar-refractivity contribution < 1.29 is 13.2 Å². The molecule has 2 aromatic rings. The highest BCUT2D eigenvalue weighted by Gasteiger charge is 2.19. The number of hydrogen-bond donors (Lipinski definition) is 2. The maximum Gasteiger partial charge on any atom is 0.272 e. The third-order valence-electron chi connectivity index (χ3n) is 2.72. The molecular formula is C13H10ClN3O3S. The van der Waals surface area contributed by atoms with Gasteiger partial charge in [0.2, 0.25) is 0 Å². The summed E-state index contributed by atoms with van der Waals surface area (Å²) in [6.07, 6.45) is 0. The second kappa shape index (κ2) is 5.60. The third kappa shape index (κ3) is 3.42. The Morgan fingerprint density at radius 3 is 2.67 bits per heavy atom. The first-order valence-electron chi connectivity index (χ1n) is 5.77. The van der Waals surface area contributed by atoms with Crippen LogP contribution >= 0.6 is 10.7 Å². The molecule has 0 spiro atoms. The predicted octanol–water partition coefficient (Wildman–Crippen LogP) is 2.37. The van der Waals surface area contributed by atoms with Crippen molar-refractivity contribution >= 4 is 31.3 Å². The van der Waals surface area contributed by atoms with Crippen molar-refractivity contribution in [2.45, 2.75) is 11.8 Å². The number of aryl methyl sites for hydroxylation is 1. The summed E-state index contributed by atoms with van der Waals surface area (Å²) in [6, 6.07) is 9.48. The lowest BCUT2D eigenvalue weighted by molar-refractivity contribution is 0.102. The second-order valence-electron chi connectivity index (χ2n) is 4.26. The molecule has 2 N–H and O–H groups in total. The van der Waals surface area contributed by atoms with Crippen LogP contribution in [0.5, 0.6) is 0 Å². The molecular weight excluding hydrogens is 314 g/mol. The van der Waals surface area contributed by atoms with E-state index in [0.29, 0.717) is 11.3 Å². The lowest BCUT2D eigenvalue weighted by Gasteiger charge is -2.03. The topological polar surface area (TPSA) is 103 Å². The zero-order valence-electron chi connectivity index (χ0n) is 10.8. The second-order valence-corrected chi connectivity index (χ2v) is 6.79. The van der Waals surface area contributed by atoms with Crippen LogP contribution in [-0.2, 0) is 9.05 Å². The van der Waals surface area contributed by atoms with Crippen LogP contribution in [0.3, 0.4) is 0 Å². The molecule has 0 aliphatic carbocycles. The van der Waals surface area contributed by atoms with Gasteiger partial charge in [-0.15, -0.1) is 0 Å². The Morgan fingerprint density at radius 1 is 1.38 bits per heavy atom. The highest BCUT2D eigenvalue weighted by molar-refractivity contribution is 8.13. The Bertz CT molecular complexity index is 850. The summed E-state index contributed by atoms with van der Waals surface area (Å²) in [7, 11) is 1.35. The van der Waals surface area contributed by atoms with Crippen molar-refractivity contribution in [2.75, 3.05) is 5.32 Å². The molecule has 1 aromatic carbocycles. The van der Waals surface area contributed by atoms with Gasteiger partial charge in [-0.25, -0.2) is 8.42 Å². The summed E-state index contributed by atoms with van der Waals surface area (Å²) in [4.78, 5) is 14.6. The number of halogens is 1. The molecule has 0 saturated carbocycles. The molecule has 1 heterocycles. The molecule has 0 aliphatic rings. The lowest BCUT2D eigenvalue weighted by Crippen LogP contribution is -2.12. The van der Waals surface area contributed by atoms with Gasteiger partial charge >= 0.3 is 0 Å². The number of amides is 1. The van der Waals surface area contributed by atoms with Gasteiger partial charge in [-0.1, -0.05) is 6.07 Å². The van der Waals surface area contributed by atoms with Crippen molar-refractivity contribution in [2.24, 2.45) is 0 Å². The average Bonchev–Trinajstić information content (AvgIpc) is 2.81. The van der Waals surface area contributed by atoms with E-state index in [0.717, 1.165) is 0 Å². The van der Waals surface area contributed by atoms with E-state index in [1.807, 2.05) is 6.07 Å². The average molecular weight is 324 g/mol. The van der Waals surface area contributed by atoms with E-state index in [1.165, 1.54) is 19.1 Å². The predicted molar refractivity (Wildman–Crippen MR) is 77.7 cm³/mol. The molecule has 0 saturated heterocycles. The number of carbonyl (C=O) groups excluding carboxylic acids is 1. The third-order valence-corrected chi connectivity index (χ3v) is 4.17. The van der Waals surface area contributed by atoms with Gasteiger partial charge in [-0.3, -0.25) is 4.79 Å². The van der Waals surface area contributed by atoms with Crippen LogP contribution in [0.2, 0.25) is 0 Å². The van der Waals surface area contributed by atoms with Crippen LogP contribution in [0.15, 0.2) is 35.2 Å². The van der Waals surface area contributed by atoms with E-state index in [4.69, 9.17) is 15.9 Å². The van der Waals surface area contributed by atoms with E-state index >= 15 is 0 Å². The summed E-state index contributed by atoms with van der Waals surface area (Å²) < 4.78 is 22.6. The molecule has 21 heavy (non-hydrogen) atoms. The van der Waals surface area contributed by atoms with E-state index in [-0.39, 0.29) is 16.3 Å². The summed E-state index contributed by atoms with van der Waals surface area (Å²) in [5.74, 6) is -0.528. The van der Waals surface area contributed by atoms with Crippen LogP contribution in [0.25, 0.3) is 0 Å². The number of H-pyrrole nitrogens is 1. The Kier molecular flexibility index (Phi) is 4.02. The molecule has 0 atom stereocenters. The van der Waals surface area contributed by atoms with E-state index in [1.54, 1.807) is 18.2 Å². The molecule has 2 rings (SSSR count). The number of nitriles is 1. The highest BCUT2D eigenvalue weighted by Crippen LogP contribution is 2.21. The largest absolute Gasteiger partial charge is 0.353 e. The van der Waals surface area contributed by atoms with E-state index in [2.05, 4.69) is 10.3 Å². The first-order chi connectivity index (χ1) is 9.81. The van der Waals surface area contributed by atoms with Crippen molar-refractivity contribution in [3.8, 4) is 6.07 Å². The molecule has 0 aliphatic heterocycles. The number of hydrogen-bond acceptors (Lipinski definition) is 4. The fraction of sp³-hybridized carbons (Fsp3) is 0.0769. The lowest BCUT2D eigenvalue weighted by atomic mass is 10.2. The van der Waals surface area contributed by atoms with Gasteiger partial charge in [0.25, 0.3) is 15.0 Å². The quantitative estimate of drug-likeness (QED) is 0.846. The van der Waals surface area contributed by atoms with Gasteiger partial charge in [0.1, 0.15) is 10.6 Å². The zero-order chi connectivity index (χ0) is 15.6. The van der Waals surface area contributed by atoms with E-state index in [9.17, 15) is 13.2 Å². The number of nitrogens with one attached hydrogen (secondary N) is 2. The molecule has 6 nitrogen and oxygen atoms in total. The van der Waals surface area contributed by atoms with Crippen molar-refractivity contribution in [3.05, 3.63) is 47.3 Å². The summed E-state index contributed by atoms with van der Waals surface area (Å²) in [5, 5.41) is 11.4. The van der Waals surface area contributed by atoms with Crippen LogP contribution in [0.4, 0.5) is 5.69 Å². The minimum absolute atomic E-state index is 0.0640. The number of nitrogens with zero attached hydrogens (tertiary/aromatic N) is 1. The molecule has 1 amide bonds. The Morgan fingerprint density at radius 2 is 2.10 bits per heavy atom. The summed E-state index contributed by atoms with van der Waals surface area (Å²) >= 11 is 0. The Balaban J connectivity index is 2.27. The Hall–Kier alpha value is -2.30. The number of benzene rings is 1. The van der Waals surface area contributed by atoms with Gasteiger partial charge in [0.05, 0.1) is 11.6 Å². The molecule has 0 fully saturated rings. The molecule has 0 radical (unpaired) electrons. The standard InChI is InChI=1S/C13H10ClN3O3S/c1-8-12(21(14,19)20)6-11(16-8)13(18)17-10-4-2-3-9(5-10)7-15/h2-6,16H,1H3,(H,17,18). The van der Waals surface area contributed by atoms with Crippen LogP contribution in [0, 0.1) is 18.3 Å². The SMILES string of the molecule is Cc1[nH]c(C(=O)Nc2cccc(C#N)c2)cc1S(=O)(=O)Cl. The number of carbonyl (C=O) groups is 1. The molecule has 0 bridgehead atoms. The van der Waals surface area contributed by atoms with Crippen LogP contribution in [-0.4, -0.2) is 19.3 Å². The maximum absolute atomic E-state index is 12.0. The fourth-order valence-corrected chi connectivity index (χ4v) is 2.94. The summed E-state index contributed by atoms with van der Waals surface area (Å²) in [5.41, 5.74) is 1.18. The Labute approximate surface area is 125 Å². The van der Waals surface area contributed by atoms with Gasteiger partial charge in [0.15, 0.2) is 0 Å². The minimum atomic E-state index is -3.91. The van der Waals surface area contributed by atoms with Gasteiger partial charge in [-0.2, -0.15) is 5.26 Å².